The molecular weight excluding hydrogens is 405 g/mol. The standard InChI is InChI=1S/C23H34BN5O3/c1-21(2)22(3,4)32-24(31-21)18-15-19-25-16(14-17(29(19)26-18)23(5)10-11-23)20(30)28-13-9-7-8-12-27(28)6/h14-15H,7-13H2,1-6H3. The Kier molecular flexibility index (Phi) is 4.96. The van der Waals surface area contributed by atoms with Crippen molar-refractivity contribution in [3.05, 3.63) is 23.5 Å². The molecular formula is C23H34BN5O3. The SMILES string of the molecule is CN1CCCCCN1C(=O)c1cc(C2(C)CC2)n2nc(B3OC(C)(C)C(C)(C)O3)cc2n1. The van der Waals surface area contributed by atoms with Gasteiger partial charge >= 0.3 is 7.12 Å². The molecule has 2 aromatic heterocycles. The summed E-state index contributed by atoms with van der Waals surface area (Å²) in [5, 5.41) is 8.72. The average molecular weight is 439 g/mol. The number of hydrogen-bond donors (Lipinski definition) is 0. The second-order valence-corrected chi connectivity index (χ2v) is 10.9. The van der Waals surface area contributed by atoms with Gasteiger partial charge in [0.1, 0.15) is 5.69 Å². The molecule has 9 heteroatoms. The number of hydrogen-bond acceptors (Lipinski definition) is 6. The van der Waals surface area contributed by atoms with Gasteiger partial charge in [0.05, 0.1) is 22.5 Å². The number of nitrogens with zero attached hydrogens (tertiary/aromatic N) is 5. The van der Waals surface area contributed by atoms with E-state index in [0.29, 0.717) is 16.9 Å². The molecule has 3 aliphatic rings. The van der Waals surface area contributed by atoms with Crippen molar-refractivity contribution in [3.8, 4) is 0 Å². The molecule has 0 aromatic carbocycles. The van der Waals surface area contributed by atoms with E-state index in [1.807, 2.05) is 61.4 Å². The fourth-order valence-electron chi connectivity index (χ4n) is 4.51. The van der Waals surface area contributed by atoms with E-state index in [1.54, 1.807) is 0 Å². The first-order valence-electron chi connectivity index (χ1n) is 11.8. The molecule has 1 saturated carbocycles. The highest BCUT2D eigenvalue weighted by atomic mass is 16.7. The van der Waals surface area contributed by atoms with Crippen molar-refractivity contribution in [1.82, 2.24) is 24.6 Å². The molecule has 5 rings (SSSR count). The Balaban J connectivity index is 1.55. The molecule has 1 amide bonds. The molecule has 1 aliphatic carbocycles. The fraction of sp³-hybridized carbons (Fsp3) is 0.696. The number of amides is 1. The van der Waals surface area contributed by atoms with Gasteiger partial charge in [-0.15, -0.1) is 0 Å². The first-order chi connectivity index (χ1) is 15.0. The minimum Gasteiger partial charge on any atom is -0.398 e. The zero-order valence-electron chi connectivity index (χ0n) is 20.1. The Labute approximate surface area is 190 Å². The first-order valence-corrected chi connectivity index (χ1v) is 11.8. The lowest BCUT2D eigenvalue weighted by atomic mass is 9.85. The van der Waals surface area contributed by atoms with Crippen LogP contribution in [0.2, 0.25) is 0 Å². The normalized spacial score (nSPS) is 24.7. The number of carbonyl (C=O) groups excluding carboxylic acids is 1. The molecule has 32 heavy (non-hydrogen) atoms. The lowest BCUT2D eigenvalue weighted by molar-refractivity contribution is 0.00578. The van der Waals surface area contributed by atoms with Crippen LogP contribution in [0.15, 0.2) is 12.1 Å². The Morgan fingerprint density at radius 2 is 1.66 bits per heavy atom. The maximum Gasteiger partial charge on any atom is 0.516 e. The van der Waals surface area contributed by atoms with Crippen LogP contribution in [0.25, 0.3) is 5.65 Å². The van der Waals surface area contributed by atoms with E-state index in [0.717, 1.165) is 50.9 Å². The zero-order valence-corrected chi connectivity index (χ0v) is 20.1. The topological polar surface area (TPSA) is 72.2 Å². The Bertz CT molecular complexity index is 1050. The van der Waals surface area contributed by atoms with Crippen LogP contribution in [-0.4, -0.2) is 69.0 Å². The maximum atomic E-state index is 13.5. The van der Waals surface area contributed by atoms with Gasteiger partial charge in [-0.3, -0.25) is 9.80 Å². The molecule has 2 aromatic rings. The van der Waals surface area contributed by atoms with Crippen molar-refractivity contribution in [2.45, 2.75) is 83.3 Å². The third-order valence-electron chi connectivity index (χ3n) is 7.78. The van der Waals surface area contributed by atoms with E-state index in [9.17, 15) is 4.79 Å². The van der Waals surface area contributed by atoms with Crippen molar-refractivity contribution in [3.63, 3.8) is 0 Å². The third-order valence-corrected chi connectivity index (χ3v) is 7.78. The second kappa shape index (κ2) is 7.27. The highest BCUT2D eigenvalue weighted by molar-refractivity contribution is 6.61. The molecule has 8 nitrogen and oxygen atoms in total. The summed E-state index contributed by atoms with van der Waals surface area (Å²) in [6, 6.07) is 3.85. The van der Waals surface area contributed by atoms with Gasteiger partial charge in [-0.25, -0.2) is 14.5 Å². The van der Waals surface area contributed by atoms with Crippen molar-refractivity contribution in [1.29, 1.82) is 0 Å². The summed E-state index contributed by atoms with van der Waals surface area (Å²) in [5.74, 6) is -0.0409. The summed E-state index contributed by atoms with van der Waals surface area (Å²) in [6.45, 7) is 12.0. The molecule has 0 unspecified atom stereocenters. The minimum atomic E-state index is -0.558. The summed E-state index contributed by atoms with van der Waals surface area (Å²) in [4.78, 5) is 18.2. The monoisotopic (exact) mass is 439 g/mol. The maximum absolute atomic E-state index is 13.5. The molecule has 4 heterocycles. The van der Waals surface area contributed by atoms with Crippen LogP contribution in [-0.2, 0) is 14.7 Å². The molecule has 2 saturated heterocycles. The summed E-state index contributed by atoms with van der Waals surface area (Å²) in [6.07, 6.45) is 5.42. The molecule has 172 valence electrons. The number of hydrazine groups is 1. The molecule has 0 atom stereocenters. The van der Waals surface area contributed by atoms with Crippen LogP contribution in [0.5, 0.6) is 0 Å². The third kappa shape index (κ3) is 3.54. The minimum absolute atomic E-state index is 0.0140. The fourth-order valence-corrected chi connectivity index (χ4v) is 4.51. The van der Waals surface area contributed by atoms with Crippen molar-refractivity contribution in [2.75, 3.05) is 20.1 Å². The van der Waals surface area contributed by atoms with Gasteiger partial charge in [0.15, 0.2) is 5.65 Å². The lowest BCUT2D eigenvalue weighted by Gasteiger charge is -2.32. The van der Waals surface area contributed by atoms with Crippen LogP contribution in [0.3, 0.4) is 0 Å². The summed E-state index contributed by atoms with van der Waals surface area (Å²) >= 11 is 0. The van der Waals surface area contributed by atoms with E-state index >= 15 is 0 Å². The summed E-state index contributed by atoms with van der Waals surface area (Å²) in [7, 11) is 1.43. The molecule has 0 bridgehead atoms. The molecule has 0 radical (unpaired) electrons. The van der Waals surface area contributed by atoms with Crippen LogP contribution < -0.4 is 5.59 Å². The molecule has 0 spiro atoms. The summed E-state index contributed by atoms with van der Waals surface area (Å²) < 4.78 is 14.3. The van der Waals surface area contributed by atoms with E-state index in [2.05, 4.69) is 6.92 Å². The summed E-state index contributed by atoms with van der Waals surface area (Å²) in [5.41, 5.74) is 2.01. The van der Waals surface area contributed by atoms with Gasteiger partial charge in [0.25, 0.3) is 5.91 Å². The van der Waals surface area contributed by atoms with Crippen molar-refractivity contribution < 1.29 is 14.1 Å². The van der Waals surface area contributed by atoms with Gasteiger partial charge in [0, 0.05) is 31.6 Å². The first kappa shape index (κ1) is 21.9. The highest BCUT2D eigenvalue weighted by Crippen LogP contribution is 2.47. The average Bonchev–Trinajstić information content (AvgIpc) is 3.31. The van der Waals surface area contributed by atoms with Gasteiger partial charge in [-0.1, -0.05) is 13.3 Å². The Hall–Kier alpha value is -1.97. The Morgan fingerprint density at radius 3 is 2.31 bits per heavy atom. The van der Waals surface area contributed by atoms with Crippen LogP contribution in [0.4, 0.5) is 0 Å². The van der Waals surface area contributed by atoms with Crippen LogP contribution >= 0.6 is 0 Å². The van der Waals surface area contributed by atoms with E-state index in [-0.39, 0.29) is 11.3 Å². The lowest BCUT2D eigenvalue weighted by Crippen LogP contribution is -2.44. The number of carbonyl (C=O) groups is 1. The van der Waals surface area contributed by atoms with E-state index in [4.69, 9.17) is 19.4 Å². The predicted molar refractivity (Wildman–Crippen MR) is 123 cm³/mol. The number of aromatic nitrogens is 3. The van der Waals surface area contributed by atoms with Crippen LogP contribution in [0, 0.1) is 0 Å². The highest BCUT2D eigenvalue weighted by Gasteiger charge is 2.53. The number of fused-ring (bicyclic) bond motifs is 1. The van der Waals surface area contributed by atoms with E-state index < -0.39 is 18.3 Å². The zero-order chi connectivity index (χ0) is 22.9. The largest absolute Gasteiger partial charge is 0.516 e. The second-order valence-electron chi connectivity index (χ2n) is 10.9. The molecule has 0 N–H and O–H groups in total. The van der Waals surface area contributed by atoms with Gasteiger partial charge in [-0.2, -0.15) is 5.10 Å². The van der Waals surface area contributed by atoms with Gasteiger partial charge < -0.3 is 9.31 Å². The number of rotatable bonds is 3. The van der Waals surface area contributed by atoms with Crippen molar-refractivity contribution >= 4 is 24.3 Å². The van der Waals surface area contributed by atoms with E-state index in [1.165, 1.54) is 0 Å². The van der Waals surface area contributed by atoms with Crippen LogP contribution in [0.1, 0.15) is 82.9 Å². The Morgan fingerprint density at radius 1 is 1.00 bits per heavy atom. The van der Waals surface area contributed by atoms with Gasteiger partial charge in [-0.05, 0) is 59.4 Å². The predicted octanol–water partition coefficient (Wildman–Crippen LogP) is 2.55. The molecule has 2 aliphatic heterocycles. The molecule has 3 fully saturated rings. The quantitative estimate of drug-likeness (QED) is 0.685. The van der Waals surface area contributed by atoms with Gasteiger partial charge in [0.2, 0.25) is 0 Å². The van der Waals surface area contributed by atoms with Crippen molar-refractivity contribution in [2.24, 2.45) is 0 Å². The smallest absolute Gasteiger partial charge is 0.398 e.